The Morgan fingerprint density at radius 1 is 1.39 bits per heavy atom. The second-order valence-electron chi connectivity index (χ2n) is 3.88. The fourth-order valence-corrected chi connectivity index (χ4v) is 2.00. The van der Waals surface area contributed by atoms with Crippen molar-refractivity contribution < 1.29 is 4.39 Å². The second kappa shape index (κ2) is 4.94. The molecular formula is C12H14ClFN4. The van der Waals surface area contributed by atoms with E-state index in [0.717, 1.165) is 11.4 Å². The summed E-state index contributed by atoms with van der Waals surface area (Å²) in [6.07, 6.45) is 2.74. The number of halogens is 2. The lowest BCUT2D eigenvalue weighted by Gasteiger charge is -2.06. The van der Waals surface area contributed by atoms with Crippen molar-refractivity contribution in [3.05, 3.63) is 34.5 Å². The Morgan fingerprint density at radius 3 is 2.67 bits per heavy atom. The molecule has 0 aromatic carbocycles. The topological polar surface area (TPSA) is 56.7 Å². The second-order valence-corrected chi connectivity index (χ2v) is 4.32. The van der Waals surface area contributed by atoms with E-state index in [1.807, 2.05) is 13.8 Å². The molecule has 0 atom stereocenters. The molecule has 0 amide bonds. The summed E-state index contributed by atoms with van der Waals surface area (Å²) < 4.78 is 15.3. The van der Waals surface area contributed by atoms with Crippen LogP contribution in [0.5, 0.6) is 0 Å². The number of nitrogen functional groups attached to an aromatic ring is 1. The zero-order valence-electron chi connectivity index (χ0n) is 10.2. The third-order valence-electron chi connectivity index (χ3n) is 2.76. The molecule has 0 unspecified atom stereocenters. The van der Waals surface area contributed by atoms with Gasteiger partial charge < -0.3 is 5.73 Å². The van der Waals surface area contributed by atoms with Gasteiger partial charge in [0.15, 0.2) is 11.6 Å². The van der Waals surface area contributed by atoms with Gasteiger partial charge in [0.2, 0.25) is 0 Å². The van der Waals surface area contributed by atoms with Crippen molar-refractivity contribution in [1.82, 2.24) is 14.8 Å². The van der Waals surface area contributed by atoms with Crippen LogP contribution in [-0.2, 0) is 12.8 Å². The Bertz CT molecular complexity index is 580. The first-order valence-electron chi connectivity index (χ1n) is 5.76. The van der Waals surface area contributed by atoms with Crippen molar-refractivity contribution in [2.75, 3.05) is 5.73 Å². The van der Waals surface area contributed by atoms with Gasteiger partial charge in [-0.25, -0.2) is 14.1 Å². The maximum atomic E-state index is 13.8. The van der Waals surface area contributed by atoms with Crippen molar-refractivity contribution in [3.8, 4) is 5.82 Å². The molecule has 0 radical (unpaired) electrons. The first kappa shape index (κ1) is 12.8. The minimum Gasteiger partial charge on any atom is -0.396 e. The number of hydrogen-bond donors (Lipinski definition) is 1. The molecular weight excluding hydrogens is 255 g/mol. The van der Waals surface area contributed by atoms with E-state index in [4.69, 9.17) is 17.3 Å². The molecule has 0 bridgehead atoms. The van der Waals surface area contributed by atoms with Crippen LogP contribution in [0, 0.1) is 5.82 Å². The van der Waals surface area contributed by atoms with Gasteiger partial charge in [-0.15, -0.1) is 0 Å². The Balaban J connectivity index is 2.63. The summed E-state index contributed by atoms with van der Waals surface area (Å²) in [6, 6.07) is 1.22. The lowest BCUT2D eigenvalue weighted by atomic mass is 10.2. The zero-order chi connectivity index (χ0) is 13.3. The molecule has 2 N–H and O–H groups in total. The lowest BCUT2D eigenvalue weighted by Crippen LogP contribution is -2.07. The number of aromatic nitrogens is 3. The van der Waals surface area contributed by atoms with Crippen molar-refractivity contribution in [3.63, 3.8) is 0 Å². The van der Waals surface area contributed by atoms with E-state index in [0.29, 0.717) is 18.5 Å². The minimum absolute atomic E-state index is 0.127. The number of pyridine rings is 1. The third kappa shape index (κ3) is 2.06. The summed E-state index contributed by atoms with van der Waals surface area (Å²) in [6.45, 7) is 3.89. The smallest absolute Gasteiger partial charge is 0.190 e. The van der Waals surface area contributed by atoms with Gasteiger partial charge in [-0.3, -0.25) is 0 Å². The fourth-order valence-electron chi connectivity index (χ4n) is 1.86. The Hall–Kier alpha value is -1.62. The quantitative estimate of drug-likeness (QED) is 0.931. The van der Waals surface area contributed by atoms with Gasteiger partial charge in [-0.1, -0.05) is 25.4 Å². The molecule has 0 fully saturated rings. The molecule has 96 valence electrons. The molecule has 0 aliphatic carbocycles. The van der Waals surface area contributed by atoms with Crippen LogP contribution in [0.2, 0.25) is 5.02 Å². The van der Waals surface area contributed by atoms with E-state index in [1.165, 1.54) is 16.9 Å². The molecule has 0 saturated carbocycles. The normalized spacial score (nSPS) is 10.9. The van der Waals surface area contributed by atoms with Gasteiger partial charge >= 0.3 is 0 Å². The first-order chi connectivity index (χ1) is 8.58. The summed E-state index contributed by atoms with van der Waals surface area (Å²) in [5.41, 5.74) is 8.11. The third-order valence-corrected chi connectivity index (χ3v) is 2.96. The molecule has 2 aromatic heterocycles. The minimum atomic E-state index is -0.512. The van der Waals surface area contributed by atoms with Crippen LogP contribution in [0.4, 0.5) is 10.1 Å². The summed E-state index contributed by atoms with van der Waals surface area (Å²) >= 11 is 5.68. The number of hydrogen-bond acceptors (Lipinski definition) is 3. The van der Waals surface area contributed by atoms with Crippen molar-refractivity contribution in [2.45, 2.75) is 26.7 Å². The molecule has 0 aliphatic rings. The average molecular weight is 269 g/mol. The van der Waals surface area contributed by atoms with Crippen LogP contribution in [-0.4, -0.2) is 14.8 Å². The monoisotopic (exact) mass is 268 g/mol. The highest BCUT2D eigenvalue weighted by Gasteiger charge is 2.17. The molecule has 18 heavy (non-hydrogen) atoms. The van der Waals surface area contributed by atoms with Crippen LogP contribution < -0.4 is 5.73 Å². The van der Waals surface area contributed by atoms with E-state index >= 15 is 0 Å². The molecule has 0 spiro atoms. The molecule has 2 heterocycles. The van der Waals surface area contributed by atoms with Crippen LogP contribution in [0.1, 0.15) is 25.2 Å². The van der Waals surface area contributed by atoms with Gasteiger partial charge in [0.25, 0.3) is 0 Å². The average Bonchev–Trinajstić information content (AvgIpc) is 2.65. The van der Waals surface area contributed by atoms with Crippen LogP contribution in [0.15, 0.2) is 12.3 Å². The maximum absolute atomic E-state index is 13.8. The number of anilines is 1. The maximum Gasteiger partial charge on any atom is 0.190 e. The number of aryl methyl sites for hydroxylation is 1. The standard InChI is InChI=1S/C12H14ClFN4/c1-3-9-11(15)10(4-2)18(17-9)12-8(14)5-7(13)6-16-12/h5-6H,3-4,15H2,1-2H3. The Morgan fingerprint density at radius 2 is 2.11 bits per heavy atom. The van der Waals surface area contributed by atoms with Gasteiger partial charge in [0, 0.05) is 6.20 Å². The van der Waals surface area contributed by atoms with Crippen LogP contribution in [0.3, 0.4) is 0 Å². The SMILES string of the molecule is CCc1nn(-c2ncc(Cl)cc2F)c(CC)c1N. The molecule has 4 nitrogen and oxygen atoms in total. The highest BCUT2D eigenvalue weighted by atomic mass is 35.5. The van der Waals surface area contributed by atoms with Gasteiger partial charge in [0.05, 0.1) is 22.1 Å². The molecule has 0 saturated heterocycles. The van der Waals surface area contributed by atoms with Crippen molar-refractivity contribution in [1.29, 1.82) is 0 Å². The summed E-state index contributed by atoms with van der Waals surface area (Å²) in [7, 11) is 0. The van der Waals surface area contributed by atoms with Crippen LogP contribution >= 0.6 is 11.6 Å². The predicted octanol–water partition coefficient (Wildman–Crippen LogP) is 2.77. The van der Waals surface area contributed by atoms with Crippen molar-refractivity contribution in [2.24, 2.45) is 0 Å². The Kier molecular flexibility index (Phi) is 3.52. The van der Waals surface area contributed by atoms with E-state index < -0.39 is 5.82 Å². The summed E-state index contributed by atoms with van der Waals surface area (Å²) in [4.78, 5) is 3.98. The fraction of sp³-hybridized carbons (Fsp3) is 0.333. The highest BCUT2D eigenvalue weighted by Crippen LogP contribution is 2.23. The molecule has 2 aromatic rings. The number of rotatable bonds is 3. The molecule has 0 aliphatic heterocycles. The lowest BCUT2D eigenvalue weighted by molar-refractivity contribution is 0.595. The van der Waals surface area contributed by atoms with E-state index in [9.17, 15) is 4.39 Å². The van der Waals surface area contributed by atoms with Gasteiger partial charge in [-0.05, 0) is 18.9 Å². The van der Waals surface area contributed by atoms with Gasteiger partial charge in [-0.2, -0.15) is 5.10 Å². The van der Waals surface area contributed by atoms with Crippen molar-refractivity contribution >= 4 is 17.3 Å². The summed E-state index contributed by atoms with van der Waals surface area (Å²) in [5.74, 6) is -0.384. The Labute approximate surface area is 110 Å². The number of nitrogens with two attached hydrogens (primary N) is 1. The zero-order valence-corrected chi connectivity index (χ0v) is 11.0. The first-order valence-corrected chi connectivity index (χ1v) is 6.13. The van der Waals surface area contributed by atoms with E-state index in [1.54, 1.807) is 0 Å². The number of nitrogens with zero attached hydrogens (tertiary/aromatic N) is 3. The van der Waals surface area contributed by atoms with E-state index in [2.05, 4.69) is 10.1 Å². The highest BCUT2D eigenvalue weighted by molar-refractivity contribution is 6.30. The van der Waals surface area contributed by atoms with Crippen LogP contribution in [0.25, 0.3) is 5.82 Å². The summed E-state index contributed by atoms with van der Waals surface area (Å²) in [5, 5.41) is 4.56. The molecule has 2 rings (SSSR count). The largest absolute Gasteiger partial charge is 0.396 e. The predicted molar refractivity (Wildman–Crippen MR) is 69.5 cm³/mol. The van der Waals surface area contributed by atoms with E-state index in [-0.39, 0.29) is 10.8 Å². The van der Waals surface area contributed by atoms with Gasteiger partial charge in [0.1, 0.15) is 0 Å². The molecule has 6 heteroatoms.